The van der Waals surface area contributed by atoms with E-state index in [9.17, 15) is 13.2 Å². The standard InChI is InChI=1S/C18H29NO3S/c1-4-5-8-16-10-12-17(13-11-16)19-18(20)9-6-7-14-23(21,22)15(2)3/h10-13,15H,4-9,14H2,1-3H3,(H,19,20). The summed E-state index contributed by atoms with van der Waals surface area (Å²) in [4.78, 5) is 11.9. The smallest absolute Gasteiger partial charge is 0.224 e. The van der Waals surface area contributed by atoms with Crippen molar-refractivity contribution < 1.29 is 13.2 Å². The molecular formula is C18H29NO3S. The van der Waals surface area contributed by atoms with Crippen LogP contribution in [0, 0.1) is 0 Å². The normalized spacial score (nSPS) is 11.7. The molecule has 0 bridgehead atoms. The van der Waals surface area contributed by atoms with Gasteiger partial charge in [0.25, 0.3) is 0 Å². The fourth-order valence-corrected chi connectivity index (χ4v) is 3.26. The van der Waals surface area contributed by atoms with Crippen molar-refractivity contribution in [2.45, 2.75) is 64.5 Å². The molecule has 23 heavy (non-hydrogen) atoms. The molecule has 0 saturated carbocycles. The highest BCUT2D eigenvalue weighted by molar-refractivity contribution is 7.91. The van der Waals surface area contributed by atoms with Crippen LogP contribution in [0.5, 0.6) is 0 Å². The molecule has 0 aliphatic carbocycles. The Labute approximate surface area is 140 Å². The minimum atomic E-state index is -3.00. The van der Waals surface area contributed by atoms with E-state index in [0.29, 0.717) is 19.3 Å². The van der Waals surface area contributed by atoms with Crippen molar-refractivity contribution in [1.82, 2.24) is 0 Å². The first kappa shape index (κ1) is 19.7. The molecule has 1 rings (SSSR count). The van der Waals surface area contributed by atoms with Gasteiger partial charge in [0, 0.05) is 12.1 Å². The molecule has 130 valence electrons. The largest absolute Gasteiger partial charge is 0.326 e. The zero-order valence-corrected chi connectivity index (χ0v) is 15.3. The second-order valence-corrected chi connectivity index (χ2v) is 8.90. The molecule has 1 amide bonds. The Morgan fingerprint density at radius 3 is 2.30 bits per heavy atom. The van der Waals surface area contributed by atoms with Crippen molar-refractivity contribution in [1.29, 1.82) is 0 Å². The van der Waals surface area contributed by atoms with Crippen LogP contribution >= 0.6 is 0 Å². The number of nitrogens with one attached hydrogen (secondary N) is 1. The van der Waals surface area contributed by atoms with Gasteiger partial charge in [-0.15, -0.1) is 0 Å². The van der Waals surface area contributed by atoms with Gasteiger partial charge < -0.3 is 5.32 Å². The number of anilines is 1. The van der Waals surface area contributed by atoms with Crippen LogP contribution in [0.4, 0.5) is 5.69 Å². The Bertz CT molecular complexity index is 577. The lowest BCUT2D eigenvalue weighted by Gasteiger charge is -2.08. The number of aryl methyl sites for hydroxylation is 1. The third kappa shape index (κ3) is 7.64. The molecule has 1 N–H and O–H groups in total. The van der Waals surface area contributed by atoms with E-state index >= 15 is 0 Å². The van der Waals surface area contributed by atoms with Crippen molar-refractivity contribution in [3.63, 3.8) is 0 Å². The summed E-state index contributed by atoms with van der Waals surface area (Å²) >= 11 is 0. The van der Waals surface area contributed by atoms with Crippen LogP contribution in [0.1, 0.15) is 58.4 Å². The molecule has 1 aromatic carbocycles. The maximum Gasteiger partial charge on any atom is 0.224 e. The third-order valence-corrected chi connectivity index (χ3v) is 6.15. The second-order valence-electron chi connectivity index (χ2n) is 6.22. The van der Waals surface area contributed by atoms with E-state index < -0.39 is 9.84 Å². The highest BCUT2D eigenvalue weighted by Crippen LogP contribution is 2.13. The van der Waals surface area contributed by atoms with Gasteiger partial charge in [0.15, 0.2) is 9.84 Å². The average Bonchev–Trinajstić information content (AvgIpc) is 2.51. The number of benzene rings is 1. The Kier molecular flexibility index (Phi) is 8.31. The highest BCUT2D eigenvalue weighted by atomic mass is 32.2. The number of amides is 1. The number of hydrogen-bond acceptors (Lipinski definition) is 3. The zero-order valence-electron chi connectivity index (χ0n) is 14.5. The molecular weight excluding hydrogens is 310 g/mol. The van der Waals surface area contributed by atoms with Gasteiger partial charge in [0.2, 0.25) is 5.91 Å². The first-order valence-corrected chi connectivity index (χ1v) is 10.2. The summed E-state index contributed by atoms with van der Waals surface area (Å²) in [6, 6.07) is 7.93. The van der Waals surface area contributed by atoms with E-state index in [1.54, 1.807) is 13.8 Å². The molecule has 0 unspecified atom stereocenters. The second kappa shape index (κ2) is 9.71. The Balaban J connectivity index is 2.31. The number of sulfone groups is 1. The van der Waals surface area contributed by atoms with Crippen molar-refractivity contribution in [3.8, 4) is 0 Å². The molecule has 5 heteroatoms. The van der Waals surface area contributed by atoms with E-state index in [4.69, 9.17) is 0 Å². The highest BCUT2D eigenvalue weighted by Gasteiger charge is 2.15. The minimum absolute atomic E-state index is 0.0618. The number of rotatable bonds is 10. The van der Waals surface area contributed by atoms with Gasteiger partial charge in [-0.3, -0.25) is 4.79 Å². The maximum absolute atomic E-state index is 11.9. The van der Waals surface area contributed by atoms with Crippen LogP contribution in [0.15, 0.2) is 24.3 Å². The van der Waals surface area contributed by atoms with Crippen LogP contribution in [0.3, 0.4) is 0 Å². The molecule has 4 nitrogen and oxygen atoms in total. The van der Waals surface area contributed by atoms with Gasteiger partial charge in [-0.1, -0.05) is 25.5 Å². The Morgan fingerprint density at radius 1 is 1.09 bits per heavy atom. The number of unbranched alkanes of at least 4 members (excludes halogenated alkanes) is 2. The van der Waals surface area contributed by atoms with Gasteiger partial charge >= 0.3 is 0 Å². The number of hydrogen-bond donors (Lipinski definition) is 1. The molecule has 0 heterocycles. The molecule has 0 fully saturated rings. The summed E-state index contributed by atoms with van der Waals surface area (Å²) in [5.41, 5.74) is 2.08. The monoisotopic (exact) mass is 339 g/mol. The first-order chi connectivity index (χ1) is 10.8. The molecule has 0 spiro atoms. The number of carbonyl (C=O) groups is 1. The Hall–Kier alpha value is -1.36. The van der Waals surface area contributed by atoms with Crippen molar-refractivity contribution in [2.75, 3.05) is 11.1 Å². The van der Waals surface area contributed by atoms with E-state index in [-0.39, 0.29) is 16.9 Å². The zero-order chi connectivity index (χ0) is 17.3. The van der Waals surface area contributed by atoms with E-state index in [0.717, 1.165) is 12.1 Å². The predicted octanol–water partition coefficient (Wildman–Crippen LogP) is 3.96. The van der Waals surface area contributed by atoms with Crippen LogP contribution in [-0.4, -0.2) is 25.3 Å². The minimum Gasteiger partial charge on any atom is -0.326 e. The third-order valence-electron chi connectivity index (χ3n) is 3.86. The van der Waals surface area contributed by atoms with Crippen LogP contribution in [0.25, 0.3) is 0 Å². The predicted molar refractivity (Wildman–Crippen MR) is 96.5 cm³/mol. The topological polar surface area (TPSA) is 63.2 Å². The van der Waals surface area contributed by atoms with Crippen molar-refractivity contribution in [2.24, 2.45) is 0 Å². The molecule has 0 aliphatic rings. The maximum atomic E-state index is 11.9. The molecule has 1 aromatic rings. The van der Waals surface area contributed by atoms with Gasteiger partial charge in [-0.25, -0.2) is 8.42 Å². The SMILES string of the molecule is CCCCc1ccc(NC(=O)CCCCS(=O)(=O)C(C)C)cc1. The van der Waals surface area contributed by atoms with E-state index in [2.05, 4.69) is 12.2 Å². The fourth-order valence-electron chi connectivity index (χ4n) is 2.18. The van der Waals surface area contributed by atoms with Crippen molar-refractivity contribution >= 4 is 21.4 Å². The summed E-state index contributed by atoms with van der Waals surface area (Å²) in [6.07, 6.45) is 4.88. The van der Waals surface area contributed by atoms with Gasteiger partial charge in [0.05, 0.1) is 11.0 Å². The molecule has 0 aromatic heterocycles. The van der Waals surface area contributed by atoms with Gasteiger partial charge in [0.1, 0.15) is 0 Å². The summed E-state index contributed by atoms with van der Waals surface area (Å²) in [5, 5.41) is 2.51. The van der Waals surface area contributed by atoms with E-state index in [1.165, 1.54) is 18.4 Å². The molecule has 0 aliphatic heterocycles. The molecule has 0 radical (unpaired) electrons. The summed E-state index contributed by atoms with van der Waals surface area (Å²) in [7, 11) is -3.00. The first-order valence-electron chi connectivity index (χ1n) is 8.45. The lowest BCUT2D eigenvalue weighted by atomic mass is 10.1. The summed E-state index contributed by atoms with van der Waals surface area (Å²) in [6.45, 7) is 5.54. The average molecular weight is 340 g/mol. The Morgan fingerprint density at radius 2 is 1.74 bits per heavy atom. The van der Waals surface area contributed by atoms with Crippen LogP contribution in [-0.2, 0) is 21.1 Å². The van der Waals surface area contributed by atoms with Gasteiger partial charge in [-0.05, 0) is 57.2 Å². The van der Waals surface area contributed by atoms with E-state index in [1.807, 2.05) is 24.3 Å². The quantitative estimate of drug-likeness (QED) is 0.656. The van der Waals surface area contributed by atoms with Gasteiger partial charge in [-0.2, -0.15) is 0 Å². The fraction of sp³-hybridized carbons (Fsp3) is 0.611. The lowest BCUT2D eigenvalue weighted by Crippen LogP contribution is -2.18. The lowest BCUT2D eigenvalue weighted by molar-refractivity contribution is -0.116. The number of carbonyl (C=O) groups excluding carboxylic acids is 1. The summed E-state index contributed by atoms with van der Waals surface area (Å²) < 4.78 is 23.3. The summed E-state index contributed by atoms with van der Waals surface area (Å²) in [5.74, 6) is 0.0950. The van der Waals surface area contributed by atoms with Crippen LogP contribution in [0.2, 0.25) is 0 Å². The molecule has 0 saturated heterocycles. The molecule has 0 atom stereocenters. The van der Waals surface area contributed by atoms with Crippen LogP contribution < -0.4 is 5.32 Å². The van der Waals surface area contributed by atoms with Crippen molar-refractivity contribution in [3.05, 3.63) is 29.8 Å².